The molecule has 1 fully saturated rings. The molecule has 1 aliphatic rings. The van der Waals surface area contributed by atoms with Crippen LogP contribution in [-0.4, -0.2) is 24.1 Å². The van der Waals surface area contributed by atoms with Crippen LogP contribution in [0.4, 0.5) is 0 Å². The summed E-state index contributed by atoms with van der Waals surface area (Å²) in [5.74, 6) is -0.0243. The zero-order valence-electron chi connectivity index (χ0n) is 8.16. The average molecular weight is 183 g/mol. The van der Waals surface area contributed by atoms with Crippen LogP contribution in [0.5, 0.6) is 0 Å². The van der Waals surface area contributed by atoms with Crippen LogP contribution in [0.15, 0.2) is 12.2 Å². The zero-order valence-corrected chi connectivity index (χ0v) is 8.16. The molecule has 1 heterocycles. The molecule has 1 aliphatic heterocycles. The third-order valence-electron chi connectivity index (χ3n) is 1.99. The zero-order chi connectivity index (χ0) is 9.52. The highest BCUT2D eigenvalue weighted by atomic mass is 16.7. The summed E-state index contributed by atoms with van der Waals surface area (Å²) in [6, 6.07) is 0. The summed E-state index contributed by atoms with van der Waals surface area (Å²) in [5.41, 5.74) is 0. The van der Waals surface area contributed by atoms with Gasteiger partial charge in [-0.2, -0.15) is 0 Å². The molecule has 0 aromatic heterocycles. The summed E-state index contributed by atoms with van der Waals surface area (Å²) in [6.45, 7) is 3.41. The fourth-order valence-electron chi connectivity index (χ4n) is 1.25. The van der Waals surface area contributed by atoms with E-state index in [1.54, 1.807) is 6.08 Å². The first kappa shape index (κ1) is 10.3. The van der Waals surface area contributed by atoms with Gasteiger partial charge in [-0.1, -0.05) is 13.0 Å². The summed E-state index contributed by atoms with van der Waals surface area (Å²) in [5, 5.41) is 1.47. The predicted molar refractivity (Wildman–Crippen MR) is 50.9 cm³/mol. The first-order valence-corrected chi connectivity index (χ1v) is 4.95. The van der Waals surface area contributed by atoms with E-state index in [0.717, 1.165) is 32.2 Å². The van der Waals surface area contributed by atoms with Crippen molar-refractivity contribution in [2.75, 3.05) is 13.2 Å². The van der Waals surface area contributed by atoms with Gasteiger partial charge in [-0.3, -0.25) is 9.63 Å². The molecule has 1 saturated heterocycles. The van der Waals surface area contributed by atoms with Gasteiger partial charge in [-0.15, -0.1) is 0 Å². The molecule has 1 amide bonds. The van der Waals surface area contributed by atoms with Gasteiger partial charge in [0.1, 0.15) is 0 Å². The van der Waals surface area contributed by atoms with Crippen LogP contribution in [0.25, 0.3) is 0 Å². The fraction of sp³-hybridized carbons (Fsp3) is 0.700. The lowest BCUT2D eigenvalue weighted by molar-refractivity contribution is -0.177. The van der Waals surface area contributed by atoms with E-state index in [1.165, 1.54) is 5.06 Å². The lowest BCUT2D eigenvalue weighted by Crippen LogP contribution is -2.29. The van der Waals surface area contributed by atoms with Crippen LogP contribution in [0.3, 0.4) is 0 Å². The molecule has 13 heavy (non-hydrogen) atoms. The molecule has 3 heteroatoms. The van der Waals surface area contributed by atoms with Gasteiger partial charge in [-0.05, 0) is 25.7 Å². The van der Waals surface area contributed by atoms with Crippen molar-refractivity contribution in [3.63, 3.8) is 0 Å². The van der Waals surface area contributed by atoms with Gasteiger partial charge in [0.05, 0.1) is 6.61 Å². The second-order valence-electron chi connectivity index (χ2n) is 3.14. The van der Waals surface area contributed by atoms with Gasteiger partial charge >= 0.3 is 0 Å². The molecule has 0 aromatic rings. The quantitative estimate of drug-likeness (QED) is 0.612. The predicted octanol–water partition coefficient (Wildman–Crippen LogP) is 1.90. The average Bonchev–Trinajstić information content (AvgIpc) is 2.42. The summed E-state index contributed by atoms with van der Waals surface area (Å²) >= 11 is 0. The van der Waals surface area contributed by atoms with Gasteiger partial charge in [0.15, 0.2) is 0 Å². The normalized spacial score (nSPS) is 19.0. The molecule has 0 N–H and O–H groups in total. The van der Waals surface area contributed by atoms with Crippen LogP contribution in [0, 0.1) is 0 Å². The Labute approximate surface area is 79.3 Å². The third kappa shape index (κ3) is 3.59. The number of hydrogen-bond donors (Lipinski definition) is 0. The van der Waals surface area contributed by atoms with Crippen LogP contribution in [-0.2, 0) is 9.63 Å². The molecule has 0 spiro atoms. The van der Waals surface area contributed by atoms with Crippen LogP contribution >= 0.6 is 0 Å². The number of allylic oxidation sites excluding steroid dienone is 1. The van der Waals surface area contributed by atoms with E-state index >= 15 is 0 Å². The molecule has 0 atom stereocenters. The van der Waals surface area contributed by atoms with Crippen molar-refractivity contribution in [2.24, 2.45) is 0 Å². The number of carbonyl (C=O) groups is 1. The first-order chi connectivity index (χ1) is 6.34. The lowest BCUT2D eigenvalue weighted by atomic mass is 10.2. The molecule has 0 saturated carbocycles. The Morgan fingerprint density at radius 1 is 1.46 bits per heavy atom. The molecule has 0 unspecified atom stereocenters. The van der Waals surface area contributed by atoms with Gasteiger partial charge in [-0.25, -0.2) is 5.06 Å². The Bertz CT molecular complexity index is 181. The first-order valence-electron chi connectivity index (χ1n) is 4.95. The molecule has 0 radical (unpaired) electrons. The number of amides is 1. The van der Waals surface area contributed by atoms with Crippen LogP contribution < -0.4 is 0 Å². The molecule has 0 bridgehead atoms. The maximum atomic E-state index is 11.4. The van der Waals surface area contributed by atoms with E-state index in [-0.39, 0.29) is 5.91 Å². The van der Waals surface area contributed by atoms with Gasteiger partial charge in [0.2, 0.25) is 0 Å². The highest BCUT2D eigenvalue weighted by molar-refractivity contribution is 5.86. The van der Waals surface area contributed by atoms with Crippen molar-refractivity contribution in [3.05, 3.63) is 12.2 Å². The summed E-state index contributed by atoms with van der Waals surface area (Å²) in [4.78, 5) is 16.7. The third-order valence-corrected chi connectivity index (χ3v) is 1.99. The van der Waals surface area contributed by atoms with E-state index in [9.17, 15) is 4.79 Å². The van der Waals surface area contributed by atoms with Gasteiger partial charge in [0, 0.05) is 12.6 Å². The highest BCUT2D eigenvalue weighted by Crippen LogP contribution is 2.07. The van der Waals surface area contributed by atoms with Crippen LogP contribution in [0.2, 0.25) is 0 Å². The molecule has 0 aliphatic carbocycles. The van der Waals surface area contributed by atoms with Gasteiger partial charge < -0.3 is 0 Å². The Hall–Kier alpha value is -0.830. The minimum Gasteiger partial charge on any atom is -0.271 e. The number of nitrogens with zero attached hydrogens (tertiary/aromatic N) is 1. The van der Waals surface area contributed by atoms with E-state index in [1.807, 2.05) is 13.0 Å². The largest absolute Gasteiger partial charge is 0.271 e. The monoisotopic (exact) mass is 183 g/mol. The molecular weight excluding hydrogens is 166 g/mol. The second-order valence-corrected chi connectivity index (χ2v) is 3.14. The topological polar surface area (TPSA) is 29.5 Å². The Morgan fingerprint density at radius 3 is 3.08 bits per heavy atom. The van der Waals surface area contributed by atoms with Crippen LogP contribution in [0.1, 0.15) is 32.6 Å². The smallest absolute Gasteiger partial charge is 0.269 e. The van der Waals surface area contributed by atoms with Crippen molar-refractivity contribution < 1.29 is 9.63 Å². The van der Waals surface area contributed by atoms with Crippen molar-refractivity contribution >= 4 is 5.91 Å². The van der Waals surface area contributed by atoms with Gasteiger partial charge in [0.25, 0.3) is 5.91 Å². The lowest BCUT2D eigenvalue weighted by Gasteiger charge is -2.16. The SMILES string of the molecule is CC/C=C/C(=O)N1CCCCCO1. The number of carbonyl (C=O) groups excluding carboxylic acids is 1. The molecule has 0 aromatic carbocycles. The van der Waals surface area contributed by atoms with E-state index in [2.05, 4.69) is 0 Å². The number of hydrogen-bond acceptors (Lipinski definition) is 2. The standard InChI is InChI=1S/C10H17NO2/c1-2-3-7-10(12)11-8-5-4-6-9-13-11/h3,7H,2,4-6,8-9H2,1H3/b7-3+. The molecule has 74 valence electrons. The highest BCUT2D eigenvalue weighted by Gasteiger charge is 2.13. The summed E-state index contributed by atoms with van der Waals surface area (Å²) in [6.07, 6.45) is 7.59. The minimum absolute atomic E-state index is 0.0243. The number of hydroxylamine groups is 2. The number of rotatable bonds is 2. The van der Waals surface area contributed by atoms with E-state index in [4.69, 9.17) is 4.84 Å². The second kappa shape index (κ2) is 5.75. The van der Waals surface area contributed by atoms with E-state index in [0.29, 0.717) is 6.61 Å². The summed E-state index contributed by atoms with van der Waals surface area (Å²) in [7, 11) is 0. The summed E-state index contributed by atoms with van der Waals surface area (Å²) < 4.78 is 0. The molecule has 3 nitrogen and oxygen atoms in total. The Kier molecular flexibility index (Phi) is 4.54. The Balaban J connectivity index is 2.39. The fourth-order valence-corrected chi connectivity index (χ4v) is 1.25. The maximum Gasteiger partial charge on any atom is 0.269 e. The minimum atomic E-state index is -0.0243. The van der Waals surface area contributed by atoms with Crippen molar-refractivity contribution in [1.29, 1.82) is 0 Å². The molecule has 1 rings (SSSR count). The van der Waals surface area contributed by atoms with Crippen molar-refractivity contribution in [3.8, 4) is 0 Å². The van der Waals surface area contributed by atoms with E-state index < -0.39 is 0 Å². The Morgan fingerprint density at radius 2 is 2.31 bits per heavy atom. The van der Waals surface area contributed by atoms with Crippen molar-refractivity contribution in [2.45, 2.75) is 32.6 Å². The van der Waals surface area contributed by atoms with Crippen molar-refractivity contribution in [1.82, 2.24) is 5.06 Å². The molecular formula is C10H17NO2. The maximum absolute atomic E-state index is 11.4.